The molecule has 0 fully saturated rings. The number of anilines is 1. The quantitative estimate of drug-likeness (QED) is 0.782. The summed E-state index contributed by atoms with van der Waals surface area (Å²) in [6.07, 6.45) is 0. The van der Waals surface area contributed by atoms with Crippen molar-refractivity contribution in [2.75, 3.05) is 5.32 Å². The van der Waals surface area contributed by atoms with Gasteiger partial charge in [0, 0.05) is 17.5 Å². The van der Waals surface area contributed by atoms with E-state index in [1.54, 1.807) is 6.92 Å². The van der Waals surface area contributed by atoms with Crippen molar-refractivity contribution in [1.82, 2.24) is 15.3 Å². The molecule has 0 aliphatic carbocycles. The Morgan fingerprint density at radius 1 is 1.30 bits per heavy atom. The van der Waals surface area contributed by atoms with Crippen LogP contribution >= 0.6 is 0 Å². The maximum absolute atomic E-state index is 12.0. The zero-order chi connectivity index (χ0) is 15.5. The first-order valence-electron chi connectivity index (χ1n) is 6.78. The maximum atomic E-state index is 12.0. The van der Waals surface area contributed by atoms with Crippen LogP contribution in [-0.2, 0) is 4.79 Å². The second-order valence-corrected chi connectivity index (χ2v) is 6.28. The van der Waals surface area contributed by atoms with Crippen molar-refractivity contribution in [3.8, 4) is 0 Å². The van der Waals surface area contributed by atoms with Crippen molar-refractivity contribution in [2.24, 2.45) is 0 Å². The average molecular weight is 280 g/mol. The number of carbonyl (C=O) groups excluding carboxylic acids is 1. The molecule has 0 aromatic carbocycles. The van der Waals surface area contributed by atoms with E-state index >= 15 is 0 Å². The second kappa shape index (κ2) is 6.07. The lowest BCUT2D eigenvalue weighted by Crippen LogP contribution is -2.47. The van der Waals surface area contributed by atoms with E-state index in [1.807, 2.05) is 34.6 Å². The molecule has 112 valence electrons. The van der Waals surface area contributed by atoms with Crippen LogP contribution in [0.2, 0.25) is 0 Å². The Morgan fingerprint density at radius 2 is 1.90 bits per heavy atom. The Kier molecular flexibility index (Phi) is 4.92. The molecule has 0 saturated carbocycles. The van der Waals surface area contributed by atoms with Crippen molar-refractivity contribution < 1.29 is 4.79 Å². The number of amides is 1. The van der Waals surface area contributed by atoms with Crippen LogP contribution in [0.5, 0.6) is 0 Å². The molecule has 20 heavy (non-hydrogen) atoms. The third kappa shape index (κ3) is 5.03. The van der Waals surface area contributed by atoms with Gasteiger partial charge in [-0.15, -0.1) is 0 Å². The van der Waals surface area contributed by atoms with Gasteiger partial charge in [0.1, 0.15) is 17.7 Å². The Labute approximate surface area is 119 Å². The minimum Gasteiger partial charge on any atom is -0.358 e. The molecule has 0 spiro atoms. The minimum atomic E-state index is -0.469. The summed E-state index contributed by atoms with van der Waals surface area (Å²) in [5, 5.41) is 5.83. The largest absolute Gasteiger partial charge is 0.358 e. The first-order chi connectivity index (χ1) is 9.08. The molecule has 0 aliphatic heterocycles. The number of nitrogens with zero attached hydrogens (tertiary/aromatic N) is 1. The van der Waals surface area contributed by atoms with Crippen LogP contribution in [0.25, 0.3) is 0 Å². The summed E-state index contributed by atoms with van der Waals surface area (Å²) in [5.41, 5.74) is -0.521. The molecular formula is C14H24N4O2. The van der Waals surface area contributed by atoms with Crippen LogP contribution in [0.15, 0.2) is 10.9 Å². The van der Waals surface area contributed by atoms with E-state index in [0.717, 1.165) is 0 Å². The van der Waals surface area contributed by atoms with E-state index in [-0.39, 0.29) is 22.9 Å². The molecule has 1 rings (SSSR count). The molecule has 1 heterocycles. The van der Waals surface area contributed by atoms with Gasteiger partial charge in [-0.3, -0.25) is 9.59 Å². The van der Waals surface area contributed by atoms with E-state index in [1.165, 1.54) is 6.07 Å². The Hall–Kier alpha value is -1.85. The number of hydrogen-bond donors (Lipinski definition) is 3. The fraction of sp³-hybridized carbons (Fsp3) is 0.643. The molecule has 1 unspecified atom stereocenters. The van der Waals surface area contributed by atoms with Gasteiger partial charge in [0.25, 0.3) is 5.56 Å². The Balaban J connectivity index is 2.83. The number of rotatable bonds is 4. The smallest absolute Gasteiger partial charge is 0.252 e. The summed E-state index contributed by atoms with van der Waals surface area (Å²) in [7, 11) is 0. The van der Waals surface area contributed by atoms with Crippen LogP contribution < -0.4 is 16.2 Å². The van der Waals surface area contributed by atoms with Gasteiger partial charge in [-0.2, -0.15) is 0 Å². The number of aromatic nitrogens is 2. The zero-order valence-corrected chi connectivity index (χ0v) is 13.0. The van der Waals surface area contributed by atoms with Crippen molar-refractivity contribution >= 4 is 11.7 Å². The SMILES string of the molecule is CC(Nc1cc(=O)[nH]c(C(C)C)n1)C(=O)NC(C)(C)C. The molecule has 1 atom stereocenters. The first-order valence-corrected chi connectivity index (χ1v) is 6.78. The van der Waals surface area contributed by atoms with Crippen molar-refractivity contribution in [2.45, 2.75) is 59.0 Å². The van der Waals surface area contributed by atoms with Crippen LogP contribution in [-0.4, -0.2) is 27.5 Å². The lowest BCUT2D eigenvalue weighted by molar-refractivity contribution is -0.122. The van der Waals surface area contributed by atoms with Gasteiger partial charge in [0.05, 0.1) is 0 Å². The van der Waals surface area contributed by atoms with Crippen LogP contribution in [0.1, 0.15) is 53.3 Å². The van der Waals surface area contributed by atoms with Gasteiger partial charge in [-0.1, -0.05) is 13.8 Å². The molecule has 1 aromatic rings. The third-order valence-corrected chi connectivity index (χ3v) is 2.56. The summed E-state index contributed by atoms with van der Waals surface area (Å²) in [6, 6.07) is 0.885. The zero-order valence-electron chi connectivity index (χ0n) is 13.0. The molecule has 3 N–H and O–H groups in total. The lowest BCUT2D eigenvalue weighted by atomic mass is 10.1. The predicted molar refractivity (Wildman–Crippen MR) is 79.9 cm³/mol. The van der Waals surface area contributed by atoms with E-state index in [9.17, 15) is 9.59 Å². The molecule has 0 radical (unpaired) electrons. The van der Waals surface area contributed by atoms with Gasteiger partial charge >= 0.3 is 0 Å². The summed E-state index contributed by atoms with van der Waals surface area (Å²) >= 11 is 0. The highest BCUT2D eigenvalue weighted by Gasteiger charge is 2.19. The summed E-state index contributed by atoms with van der Waals surface area (Å²) in [6.45, 7) is 11.4. The van der Waals surface area contributed by atoms with E-state index in [0.29, 0.717) is 11.6 Å². The second-order valence-electron chi connectivity index (χ2n) is 6.28. The molecule has 0 bridgehead atoms. The molecule has 0 saturated heterocycles. The number of nitrogens with one attached hydrogen (secondary N) is 3. The highest BCUT2D eigenvalue weighted by molar-refractivity contribution is 5.84. The first kappa shape index (κ1) is 16.2. The number of carbonyl (C=O) groups is 1. The van der Waals surface area contributed by atoms with E-state index in [2.05, 4.69) is 20.6 Å². The van der Waals surface area contributed by atoms with Crippen LogP contribution in [0.4, 0.5) is 5.82 Å². The molecule has 0 aliphatic rings. The molecule has 6 heteroatoms. The van der Waals surface area contributed by atoms with E-state index < -0.39 is 6.04 Å². The van der Waals surface area contributed by atoms with Gasteiger partial charge < -0.3 is 15.6 Å². The van der Waals surface area contributed by atoms with Crippen molar-refractivity contribution in [3.05, 3.63) is 22.2 Å². The molecular weight excluding hydrogens is 256 g/mol. The standard InChI is InChI=1S/C14H24N4O2/c1-8(2)12-16-10(7-11(19)17-12)15-9(3)13(20)18-14(4,5)6/h7-9H,1-6H3,(H,18,20)(H2,15,16,17,19). The highest BCUT2D eigenvalue weighted by Crippen LogP contribution is 2.10. The van der Waals surface area contributed by atoms with Crippen LogP contribution in [0.3, 0.4) is 0 Å². The molecule has 6 nitrogen and oxygen atoms in total. The predicted octanol–water partition coefficient (Wildman–Crippen LogP) is 1.61. The average Bonchev–Trinajstić information content (AvgIpc) is 2.25. The van der Waals surface area contributed by atoms with Gasteiger partial charge in [0.15, 0.2) is 0 Å². The Morgan fingerprint density at radius 3 is 2.40 bits per heavy atom. The summed E-state index contributed by atoms with van der Waals surface area (Å²) < 4.78 is 0. The minimum absolute atomic E-state index is 0.114. The lowest BCUT2D eigenvalue weighted by Gasteiger charge is -2.24. The molecule has 1 amide bonds. The molecule has 1 aromatic heterocycles. The normalized spacial score (nSPS) is 13.2. The van der Waals surface area contributed by atoms with Gasteiger partial charge in [-0.25, -0.2) is 4.98 Å². The van der Waals surface area contributed by atoms with Crippen LogP contribution in [0, 0.1) is 0 Å². The Bertz CT molecular complexity index is 529. The fourth-order valence-corrected chi connectivity index (χ4v) is 1.59. The fourth-order valence-electron chi connectivity index (χ4n) is 1.59. The topological polar surface area (TPSA) is 86.9 Å². The van der Waals surface area contributed by atoms with Gasteiger partial charge in [-0.05, 0) is 27.7 Å². The summed E-state index contributed by atoms with van der Waals surface area (Å²) in [4.78, 5) is 30.5. The van der Waals surface area contributed by atoms with Crippen molar-refractivity contribution in [1.29, 1.82) is 0 Å². The number of H-pyrrole nitrogens is 1. The third-order valence-electron chi connectivity index (χ3n) is 2.56. The monoisotopic (exact) mass is 280 g/mol. The number of aromatic amines is 1. The highest BCUT2D eigenvalue weighted by atomic mass is 16.2. The van der Waals surface area contributed by atoms with Gasteiger partial charge in [0.2, 0.25) is 5.91 Å². The number of hydrogen-bond acceptors (Lipinski definition) is 4. The van der Waals surface area contributed by atoms with E-state index in [4.69, 9.17) is 0 Å². The summed E-state index contributed by atoms with van der Waals surface area (Å²) in [5.74, 6) is 0.992. The maximum Gasteiger partial charge on any atom is 0.252 e. The van der Waals surface area contributed by atoms with Crippen molar-refractivity contribution in [3.63, 3.8) is 0 Å².